The van der Waals surface area contributed by atoms with E-state index in [1.54, 1.807) is 0 Å². The minimum atomic E-state index is -0.0549. The third-order valence-electron chi connectivity index (χ3n) is 3.37. The Morgan fingerprint density at radius 2 is 2.19 bits per heavy atom. The average molecular weight is 285 g/mol. The quantitative estimate of drug-likeness (QED) is 0.861. The second kappa shape index (κ2) is 4.70. The lowest BCUT2D eigenvalue weighted by molar-refractivity contribution is 0.334. The number of hydrogen-bond acceptors (Lipinski definition) is 2. The van der Waals surface area contributed by atoms with Crippen LogP contribution in [-0.4, -0.2) is 9.97 Å². The van der Waals surface area contributed by atoms with Crippen LogP contribution in [0.4, 0.5) is 0 Å². The molecule has 0 amide bonds. The second-order valence-electron chi connectivity index (χ2n) is 4.82. The van der Waals surface area contributed by atoms with Gasteiger partial charge in [0.05, 0.1) is 5.69 Å². The van der Waals surface area contributed by atoms with Gasteiger partial charge in [-0.2, -0.15) is 0 Å². The SMILES string of the molecule is Cc1nc(C2CCCC(C)C2)[nH]c(=O)c1Br. The van der Waals surface area contributed by atoms with Gasteiger partial charge < -0.3 is 4.98 Å². The number of nitrogens with zero attached hydrogens (tertiary/aromatic N) is 1. The molecule has 1 N–H and O–H groups in total. The molecule has 0 saturated heterocycles. The summed E-state index contributed by atoms with van der Waals surface area (Å²) in [6, 6.07) is 0. The van der Waals surface area contributed by atoms with Crippen molar-refractivity contribution in [2.24, 2.45) is 5.92 Å². The summed E-state index contributed by atoms with van der Waals surface area (Å²) < 4.78 is 0.556. The Balaban J connectivity index is 2.30. The van der Waals surface area contributed by atoms with Gasteiger partial charge in [-0.15, -0.1) is 0 Å². The van der Waals surface area contributed by atoms with Crippen LogP contribution < -0.4 is 5.56 Å². The summed E-state index contributed by atoms with van der Waals surface area (Å²) in [4.78, 5) is 19.0. The van der Waals surface area contributed by atoms with Crippen molar-refractivity contribution in [3.63, 3.8) is 0 Å². The minimum absolute atomic E-state index is 0.0549. The Labute approximate surface area is 104 Å². The molecule has 0 bridgehead atoms. The number of nitrogens with one attached hydrogen (secondary N) is 1. The van der Waals surface area contributed by atoms with Crippen molar-refractivity contribution in [1.82, 2.24) is 9.97 Å². The predicted molar refractivity (Wildman–Crippen MR) is 67.7 cm³/mol. The highest BCUT2D eigenvalue weighted by molar-refractivity contribution is 9.10. The summed E-state index contributed by atoms with van der Waals surface area (Å²) in [5, 5.41) is 0. The zero-order chi connectivity index (χ0) is 11.7. The Kier molecular flexibility index (Phi) is 3.47. The second-order valence-corrected chi connectivity index (χ2v) is 5.61. The molecule has 1 fully saturated rings. The Morgan fingerprint density at radius 1 is 1.44 bits per heavy atom. The van der Waals surface area contributed by atoms with Crippen LogP contribution in [0.5, 0.6) is 0 Å². The van der Waals surface area contributed by atoms with Crippen molar-refractivity contribution >= 4 is 15.9 Å². The monoisotopic (exact) mass is 284 g/mol. The van der Waals surface area contributed by atoms with E-state index in [1.807, 2.05) is 6.92 Å². The van der Waals surface area contributed by atoms with Crippen LogP contribution in [0.15, 0.2) is 9.27 Å². The van der Waals surface area contributed by atoms with Gasteiger partial charge in [-0.3, -0.25) is 4.79 Å². The topological polar surface area (TPSA) is 45.8 Å². The largest absolute Gasteiger partial charge is 0.309 e. The van der Waals surface area contributed by atoms with E-state index in [-0.39, 0.29) is 5.56 Å². The lowest BCUT2D eigenvalue weighted by atomic mass is 9.82. The van der Waals surface area contributed by atoms with E-state index in [0.717, 1.165) is 30.3 Å². The van der Waals surface area contributed by atoms with E-state index in [4.69, 9.17) is 0 Å². The van der Waals surface area contributed by atoms with Gasteiger partial charge in [-0.05, 0) is 41.6 Å². The number of rotatable bonds is 1. The summed E-state index contributed by atoms with van der Waals surface area (Å²) in [5.41, 5.74) is 0.734. The molecule has 2 atom stereocenters. The molecule has 0 aromatic carbocycles. The van der Waals surface area contributed by atoms with Gasteiger partial charge in [0.1, 0.15) is 10.3 Å². The summed E-state index contributed by atoms with van der Waals surface area (Å²) in [6.45, 7) is 4.14. The molecule has 2 unspecified atom stereocenters. The molecule has 0 radical (unpaired) electrons. The molecule has 4 heteroatoms. The standard InChI is InChI=1S/C12H17BrN2O/c1-7-4-3-5-9(6-7)11-14-8(2)10(13)12(16)15-11/h7,9H,3-6H2,1-2H3,(H,14,15,16). The van der Waals surface area contributed by atoms with Gasteiger partial charge in [0, 0.05) is 5.92 Å². The van der Waals surface area contributed by atoms with Crippen molar-refractivity contribution in [3.8, 4) is 0 Å². The normalized spacial score (nSPS) is 25.7. The fourth-order valence-corrected chi connectivity index (χ4v) is 2.66. The van der Waals surface area contributed by atoms with Gasteiger partial charge >= 0.3 is 0 Å². The molecule has 3 nitrogen and oxygen atoms in total. The first kappa shape index (κ1) is 11.8. The van der Waals surface area contributed by atoms with E-state index < -0.39 is 0 Å². The highest BCUT2D eigenvalue weighted by Crippen LogP contribution is 2.34. The van der Waals surface area contributed by atoms with Crippen LogP contribution >= 0.6 is 15.9 Å². The highest BCUT2D eigenvalue weighted by Gasteiger charge is 2.22. The minimum Gasteiger partial charge on any atom is -0.309 e. The first-order valence-corrected chi connectivity index (χ1v) is 6.63. The maximum Gasteiger partial charge on any atom is 0.265 e. The van der Waals surface area contributed by atoms with Crippen LogP contribution in [0.3, 0.4) is 0 Å². The van der Waals surface area contributed by atoms with Gasteiger partial charge in [0.25, 0.3) is 5.56 Å². The number of aromatic nitrogens is 2. The summed E-state index contributed by atoms with van der Waals surface area (Å²) in [7, 11) is 0. The maximum absolute atomic E-state index is 11.6. The maximum atomic E-state index is 11.6. The molecule has 88 valence electrons. The van der Waals surface area contributed by atoms with E-state index in [9.17, 15) is 4.79 Å². The van der Waals surface area contributed by atoms with Crippen LogP contribution in [0, 0.1) is 12.8 Å². The fourth-order valence-electron chi connectivity index (χ4n) is 2.47. The summed E-state index contributed by atoms with van der Waals surface area (Å²) in [5.74, 6) is 2.05. The van der Waals surface area contributed by atoms with E-state index in [1.165, 1.54) is 12.8 Å². The zero-order valence-corrected chi connectivity index (χ0v) is 11.3. The van der Waals surface area contributed by atoms with Gasteiger partial charge in [0.15, 0.2) is 0 Å². The molecule has 1 aliphatic rings. The third-order valence-corrected chi connectivity index (χ3v) is 4.30. The molecule has 16 heavy (non-hydrogen) atoms. The number of H-pyrrole nitrogens is 1. The van der Waals surface area contributed by atoms with Crippen molar-refractivity contribution in [2.45, 2.75) is 45.4 Å². The number of hydrogen-bond donors (Lipinski definition) is 1. The Hall–Kier alpha value is -0.640. The van der Waals surface area contributed by atoms with Gasteiger partial charge in [-0.25, -0.2) is 4.98 Å². The first-order valence-electron chi connectivity index (χ1n) is 5.84. The predicted octanol–water partition coefficient (Wildman–Crippen LogP) is 3.13. The molecule has 1 saturated carbocycles. The Morgan fingerprint density at radius 3 is 2.81 bits per heavy atom. The van der Waals surface area contributed by atoms with E-state index >= 15 is 0 Å². The van der Waals surface area contributed by atoms with Crippen molar-refractivity contribution in [2.75, 3.05) is 0 Å². The Bertz CT molecular complexity index is 441. The average Bonchev–Trinajstić information content (AvgIpc) is 2.25. The number of halogens is 1. The fraction of sp³-hybridized carbons (Fsp3) is 0.667. The highest BCUT2D eigenvalue weighted by atomic mass is 79.9. The molecule has 1 aromatic rings. The van der Waals surface area contributed by atoms with Crippen molar-refractivity contribution < 1.29 is 0 Å². The lowest BCUT2D eigenvalue weighted by Crippen LogP contribution is -2.20. The number of aryl methyl sites for hydroxylation is 1. The molecule has 1 heterocycles. The van der Waals surface area contributed by atoms with Gasteiger partial charge in [-0.1, -0.05) is 19.8 Å². The third kappa shape index (κ3) is 2.37. The van der Waals surface area contributed by atoms with Gasteiger partial charge in [0.2, 0.25) is 0 Å². The van der Waals surface area contributed by atoms with E-state index in [0.29, 0.717) is 10.4 Å². The molecular formula is C12H17BrN2O. The smallest absolute Gasteiger partial charge is 0.265 e. The van der Waals surface area contributed by atoms with Crippen molar-refractivity contribution in [3.05, 3.63) is 26.3 Å². The summed E-state index contributed by atoms with van der Waals surface area (Å²) in [6.07, 6.45) is 4.83. The molecule has 1 aliphatic carbocycles. The van der Waals surface area contributed by atoms with E-state index in [2.05, 4.69) is 32.8 Å². The van der Waals surface area contributed by atoms with Crippen LogP contribution in [0.1, 0.15) is 50.0 Å². The zero-order valence-electron chi connectivity index (χ0n) is 9.72. The summed E-state index contributed by atoms with van der Waals surface area (Å²) >= 11 is 3.24. The first-order chi connectivity index (χ1) is 7.58. The molecule has 0 aliphatic heterocycles. The van der Waals surface area contributed by atoms with Crippen LogP contribution in [0.2, 0.25) is 0 Å². The van der Waals surface area contributed by atoms with Crippen LogP contribution in [-0.2, 0) is 0 Å². The van der Waals surface area contributed by atoms with Crippen LogP contribution in [0.25, 0.3) is 0 Å². The molecule has 1 aromatic heterocycles. The lowest BCUT2D eigenvalue weighted by Gasteiger charge is -2.26. The molecular weight excluding hydrogens is 268 g/mol. The molecule has 0 spiro atoms. The number of aromatic amines is 1. The molecule has 2 rings (SSSR count). The van der Waals surface area contributed by atoms with Crippen molar-refractivity contribution in [1.29, 1.82) is 0 Å².